The summed E-state index contributed by atoms with van der Waals surface area (Å²) in [5.41, 5.74) is 1.66. The molecular formula is C24H21N3O6S. The molecule has 1 amide bonds. The van der Waals surface area contributed by atoms with Crippen LogP contribution >= 0.6 is 11.8 Å². The van der Waals surface area contributed by atoms with E-state index in [0.717, 1.165) is 18.2 Å². The number of para-hydroxylation sites is 1. The first-order chi connectivity index (χ1) is 16.7. The fourth-order valence-electron chi connectivity index (χ4n) is 4.22. The third-order valence-corrected chi connectivity index (χ3v) is 6.82. The first-order valence-electron chi connectivity index (χ1n) is 11.0. The molecule has 6 rings (SSSR count). The molecule has 0 aliphatic carbocycles. The van der Waals surface area contributed by atoms with E-state index in [1.165, 1.54) is 11.8 Å². The van der Waals surface area contributed by atoms with Crippen molar-refractivity contribution in [2.45, 2.75) is 30.6 Å². The SMILES string of the molecule is O=C(CSc1nc2c(oc3ccccc32)c(=O)n1C[C@H]1CCCO1)Nc1ccc2c(c1)OCO2. The number of aromatic nitrogens is 2. The number of hydrogen-bond acceptors (Lipinski definition) is 8. The Hall–Kier alpha value is -3.50. The summed E-state index contributed by atoms with van der Waals surface area (Å²) in [6, 6.07) is 12.6. The summed E-state index contributed by atoms with van der Waals surface area (Å²) in [5, 5.41) is 4.08. The van der Waals surface area contributed by atoms with Crippen molar-refractivity contribution in [1.82, 2.24) is 9.55 Å². The Morgan fingerprint density at radius 3 is 2.94 bits per heavy atom. The van der Waals surface area contributed by atoms with Gasteiger partial charge in [0.05, 0.1) is 18.4 Å². The van der Waals surface area contributed by atoms with E-state index >= 15 is 0 Å². The molecule has 2 aromatic heterocycles. The van der Waals surface area contributed by atoms with Gasteiger partial charge >= 0.3 is 0 Å². The second-order valence-electron chi connectivity index (χ2n) is 8.13. The van der Waals surface area contributed by atoms with Crippen molar-refractivity contribution in [3.8, 4) is 11.5 Å². The Balaban J connectivity index is 1.29. The second-order valence-corrected chi connectivity index (χ2v) is 9.07. The van der Waals surface area contributed by atoms with Crippen molar-refractivity contribution < 1.29 is 23.4 Å². The van der Waals surface area contributed by atoms with Crippen LogP contribution in [0.4, 0.5) is 5.69 Å². The minimum atomic E-state index is -0.268. The smallest absolute Gasteiger partial charge is 0.297 e. The first-order valence-corrected chi connectivity index (χ1v) is 12.0. The number of carbonyl (C=O) groups excluding carboxylic acids is 1. The van der Waals surface area contributed by atoms with Gasteiger partial charge in [-0.15, -0.1) is 0 Å². The van der Waals surface area contributed by atoms with E-state index in [-0.39, 0.29) is 35.7 Å². The van der Waals surface area contributed by atoms with Gasteiger partial charge in [0.15, 0.2) is 16.7 Å². The number of carbonyl (C=O) groups is 1. The van der Waals surface area contributed by atoms with Crippen LogP contribution < -0.4 is 20.3 Å². The van der Waals surface area contributed by atoms with Gasteiger partial charge in [0.1, 0.15) is 11.1 Å². The fourth-order valence-corrected chi connectivity index (χ4v) is 5.02. The minimum absolute atomic E-state index is 0.0665. The molecule has 1 saturated heterocycles. The Bertz CT molecular complexity index is 1460. The highest BCUT2D eigenvalue weighted by Gasteiger charge is 2.23. The van der Waals surface area contributed by atoms with Crippen LogP contribution in [0.1, 0.15) is 12.8 Å². The van der Waals surface area contributed by atoms with Crippen molar-refractivity contribution in [3.05, 3.63) is 52.8 Å². The maximum atomic E-state index is 13.4. The molecule has 0 unspecified atom stereocenters. The average molecular weight is 480 g/mol. The largest absolute Gasteiger partial charge is 0.454 e. The van der Waals surface area contributed by atoms with Crippen molar-refractivity contribution in [2.75, 3.05) is 24.5 Å². The summed E-state index contributed by atoms with van der Waals surface area (Å²) >= 11 is 1.21. The molecule has 10 heteroatoms. The molecule has 1 fully saturated rings. The number of benzene rings is 2. The first kappa shape index (κ1) is 21.1. The molecule has 2 aliphatic rings. The molecule has 0 bridgehead atoms. The Morgan fingerprint density at radius 2 is 2.06 bits per heavy atom. The molecule has 0 spiro atoms. The van der Waals surface area contributed by atoms with E-state index in [1.54, 1.807) is 22.8 Å². The number of anilines is 1. The molecule has 0 saturated carbocycles. The number of hydrogen-bond donors (Lipinski definition) is 1. The lowest BCUT2D eigenvalue weighted by Crippen LogP contribution is -2.29. The maximum Gasteiger partial charge on any atom is 0.297 e. The van der Waals surface area contributed by atoms with Crippen molar-refractivity contribution in [3.63, 3.8) is 0 Å². The number of nitrogens with zero attached hydrogens (tertiary/aromatic N) is 2. The highest BCUT2D eigenvalue weighted by atomic mass is 32.2. The van der Waals surface area contributed by atoms with Gasteiger partial charge in [-0.2, -0.15) is 0 Å². The summed E-state index contributed by atoms with van der Waals surface area (Å²) in [4.78, 5) is 30.8. The maximum absolute atomic E-state index is 13.4. The van der Waals surface area contributed by atoms with Crippen molar-refractivity contribution in [1.29, 1.82) is 0 Å². The molecule has 9 nitrogen and oxygen atoms in total. The number of ether oxygens (including phenoxy) is 3. The molecule has 4 heterocycles. The third kappa shape index (κ3) is 3.88. The number of thioether (sulfide) groups is 1. The summed E-state index contributed by atoms with van der Waals surface area (Å²) in [5.74, 6) is 1.09. The number of furan rings is 1. The van der Waals surface area contributed by atoms with Gasteiger partial charge in [-0.3, -0.25) is 14.2 Å². The van der Waals surface area contributed by atoms with Gasteiger partial charge in [-0.1, -0.05) is 23.9 Å². The Kier molecular flexibility index (Phi) is 5.39. The molecule has 1 N–H and O–H groups in total. The molecule has 4 aromatic rings. The Labute approximate surface area is 198 Å². The summed E-state index contributed by atoms with van der Waals surface area (Å²) in [6.07, 6.45) is 1.77. The number of fused-ring (bicyclic) bond motifs is 4. The van der Waals surface area contributed by atoms with E-state index in [9.17, 15) is 9.59 Å². The number of nitrogens with one attached hydrogen (secondary N) is 1. The zero-order valence-electron chi connectivity index (χ0n) is 18.1. The fraction of sp³-hybridized carbons (Fsp3) is 0.292. The lowest BCUT2D eigenvalue weighted by molar-refractivity contribution is -0.113. The average Bonchev–Trinajstić information content (AvgIpc) is 3.59. The van der Waals surface area contributed by atoms with Crippen LogP contribution in [0, 0.1) is 0 Å². The van der Waals surface area contributed by atoms with Crippen LogP contribution in [0.5, 0.6) is 11.5 Å². The lowest BCUT2D eigenvalue weighted by atomic mass is 10.2. The minimum Gasteiger partial charge on any atom is -0.454 e. The van der Waals surface area contributed by atoms with Crippen LogP contribution in [-0.4, -0.2) is 40.7 Å². The normalized spacial score (nSPS) is 17.0. The predicted octanol–water partition coefficient (Wildman–Crippen LogP) is 3.78. The van der Waals surface area contributed by atoms with Gasteiger partial charge in [0.25, 0.3) is 5.56 Å². The number of rotatable bonds is 6. The molecule has 2 aromatic carbocycles. The topological polar surface area (TPSA) is 105 Å². The summed E-state index contributed by atoms with van der Waals surface area (Å²) < 4.78 is 23.8. The molecule has 174 valence electrons. The molecule has 34 heavy (non-hydrogen) atoms. The van der Waals surface area contributed by atoms with Crippen LogP contribution in [0.25, 0.3) is 22.1 Å². The predicted molar refractivity (Wildman–Crippen MR) is 127 cm³/mol. The summed E-state index contributed by atoms with van der Waals surface area (Å²) in [7, 11) is 0. The molecule has 0 radical (unpaired) electrons. The quantitative estimate of drug-likeness (QED) is 0.329. The van der Waals surface area contributed by atoms with Gasteiger partial charge in [-0.25, -0.2) is 4.98 Å². The molecule has 1 atom stereocenters. The third-order valence-electron chi connectivity index (χ3n) is 5.85. The monoisotopic (exact) mass is 479 g/mol. The van der Waals surface area contributed by atoms with E-state index in [0.29, 0.717) is 46.6 Å². The lowest BCUT2D eigenvalue weighted by Gasteiger charge is -2.15. The standard InChI is InChI=1S/C24H21N3O6S/c28-20(25-14-7-8-18-19(10-14)32-13-31-18)12-34-24-26-21-16-5-1-2-6-17(16)33-22(21)23(29)27(24)11-15-4-3-9-30-15/h1-2,5-8,10,15H,3-4,9,11-13H2,(H,25,28)/t15-/m1/s1. The van der Waals surface area contributed by atoms with Crippen LogP contribution in [0.2, 0.25) is 0 Å². The van der Waals surface area contributed by atoms with E-state index < -0.39 is 0 Å². The van der Waals surface area contributed by atoms with Crippen LogP contribution in [0.15, 0.2) is 56.8 Å². The molecule has 2 aliphatic heterocycles. The van der Waals surface area contributed by atoms with Gasteiger partial charge in [-0.05, 0) is 37.1 Å². The summed E-state index contributed by atoms with van der Waals surface area (Å²) in [6.45, 7) is 1.22. The highest BCUT2D eigenvalue weighted by Crippen LogP contribution is 2.34. The highest BCUT2D eigenvalue weighted by molar-refractivity contribution is 7.99. The van der Waals surface area contributed by atoms with E-state index in [4.69, 9.17) is 23.6 Å². The Morgan fingerprint density at radius 1 is 1.18 bits per heavy atom. The van der Waals surface area contributed by atoms with Crippen LogP contribution in [0.3, 0.4) is 0 Å². The van der Waals surface area contributed by atoms with Crippen LogP contribution in [-0.2, 0) is 16.1 Å². The second kappa shape index (κ2) is 8.69. The number of amides is 1. The van der Waals surface area contributed by atoms with Crippen molar-refractivity contribution in [2.24, 2.45) is 0 Å². The van der Waals surface area contributed by atoms with Gasteiger partial charge in [0, 0.05) is 23.7 Å². The van der Waals surface area contributed by atoms with E-state index in [2.05, 4.69) is 5.32 Å². The molecular weight excluding hydrogens is 458 g/mol. The van der Waals surface area contributed by atoms with Gasteiger partial charge < -0.3 is 23.9 Å². The van der Waals surface area contributed by atoms with Crippen molar-refractivity contribution >= 4 is 45.4 Å². The zero-order chi connectivity index (χ0) is 23.1. The zero-order valence-corrected chi connectivity index (χ0v) is 18.9. The van der Waals surface area contributed by atoms with Gasteiger partial charge in [0.2, 0.25) is 18.3 Å². The van der Waals surface area contributed by atoms with E-state index in [1.807, 2.05) is 24.3 Å².